The van der Waals surface area contributed by atoms with Crippen LogP contribution in [0.25, 0.3) is 10.8 Å². The zero-order valence-corrected chi connectivity index (χ0v) is 9.38. The van der Waals surface area contributed by atoms with E-state index in [-0.39, 0.29) is 0 Å². The van der Waals surface area contributed by atoms with Gasteiger partial charge >= 0.3 is 0 Å². The number of nitrogens with one attached hydrogen (secondary N) is 1. The molecular weight excluding hydrogens is 182 g/mol. The predicted octanol–water partition coefficient (Wildman–Crippen LogP) is 2.91. The first-order valence-electron chi connectivity index (χ1n) is 5.45. The van der Waals surface area contributed by atoms with E-state index in [0.717, 1.165) is 13.0 Å². The number of fused-ring (bicyclic) bond motifs is 1. The van der Waals surface area contributed by atoms with Crippen molar-refractivity contribution in [2.75, 3.05) is 13.6 Å². The van der Waals surface area contributed by atoms with Gasteiger partial charge in [-0.15, -0.1) is 0 Å². The predicted molar refractivity (Wildman–Crippen MR) is 66.3 cm³/mol. The van der Waals surface area contributed by atoms with Crippen molar-refractivity contribution in [3.05, 3.63) is 47.5 Å². The largest absolute Gasteiger partial charge is 0.319 e. The van der Waals surface area contributed by atoms with Crippen molar-refractivity contribution in [3.8, 4) is 0 Å². The Morgan fingerprint density at radius 2 is 1.87 bits per heavy atom. The smallest absolute Gasteiger partial charge is 0.00110 e. The van der Waals surface area contributed by atoms with E-state index in [0.29, 0.717) is 0 Å². The van der Waals surface area contributed by atoms with E-state index in [1.807, 2.05) is 7.05 Å². The Balaban J connectivity index is 2.53. The molecule has 0 aliphatic heterocycles. The maximum atomic E-state index is 3.21. The third kappa shape index (κ3) is 2.02. The first kappa shape index (κ1) is 10.2. The van der Waals surface area contributed by atoms with Gasteiger partial charge in [0.1, 0.15) is 0 Å². The highest BCUT2D eigenvalue weighted by molar-refractivity contribution is 5.86. The van der Waals surface area contributed by atoms with Crippen molar-refractivity contribution in [3.63, 3.8) is 0 Å². The summed E-state index contributed by atoms with van der Waals surface area (Å²) in [5.74, 6) is 0. The lowest BCUT2D eigenvalue weighted by Crippen LogP contribution is -2.11. The Labute approximate surface area is 91.1 Å². The Morgan fingerprint density at radius 1 is 1.07 bits per heavy atom. The van der Waals surface area contributed by atoms with Crippen molar-refractivity contribution in [1.82, 2.24) is 5.32 Å². The van der Waals surface area contributed by atoms with Crippen LogP contribution in [0.2, 0.25) is 0 Å². The van der Waals surface area contributed by atoms with E-state index in [1.54, 1.807) is 0 Å². The first-order chi connectivity index (χ1) is 7.33. The Hall–Kier alpha value is -1.34. The van der Waals surface area contributed by atoms with Crippen molar-refractivity contribution >= 4 is 10.8 Å². The lowest BCUT2D eigenvalue weighted by atomic mass is 9.97. The van der Waals surface area contributed by atoms with Gasteiger partial charge in [-0.05, 0) is 48.8 Å². The fourth-order valence-corrected chi connectivity index (χ4v) is 2.03. The molecule has 1 heteroatoms. The number of aryl methyl sites for hydroxylation is 1. The van der Waals surface area contributed by atoms with Crippen molar-refractivity contribution < 1.29 is 0 Å². The molecule has 1 N–H and O–H groups in total. The molecule has 0 fully saturated rings. The molecule has 0 saturated heterocycles. The topological polar surface area (TPSA) is 12.0 Å². The number of hydrogen-bond acceptors (Lipinski definition) is 1. The molecule has 0 radical (unpaired) electrons. The zero-order chi connectivity index (χ0) is 10.7. The van der Waals surface area contributed by atoms with Gasteiger partial charge in [0.25, 0.3) is 0 Å². The summed E-state index contributed by atoms with van der Waals surface area (Å²) >= 11 is 0. The Bertz CT molecular complexity index is 460. The summed E-state index contributed by atoms with van der Waals surface area (Å²) in [5, 5.41) is 5.95. The maximum absolute atomic E-state index is 3.21. The van der Waals surface area contributed by atoms with Crippen molar-refractivity contribution in [2.24, 2.45) is 0 Å². The second-order valence-corrected chi connectivity index (χ2v) is 3.94. The van der Waals surface area contributed by atoms with E-state index >= 15 is 0 Å². The van der Waals surface area contributed by atoms with Crippen LogP contribution in [-0.4, -0.2) is 13.6 Å². The van der Waals surface area contributed by atoms with E-state index < -0.39 is 0 Å². The maximum Gasteiger partial charge on any atom is -0.00110 e. The quantitative estimate of drug-likeness (QED) is 0.801. The summed E-state index contributed by atoms with van der Waals surface area (Å²) in [6, 6.07) is 13.0. The summed E-state index contributed by atoms with van der Waals surface area (Å²) in [5.41, 5.74) is 2.87. The number of rotatable bonds is 3. The molecule has 0 aliphatic rings. The molecule has 2 aromatic rings. The molecule has 0 aromatic heterocycles. The second kappa shape index (κ2) is 4.45. The molecular formula is C14H17N. The minimum absolute atomic E-state index is 1.04. The number of hydrogen-bond donors (Lipinski definition) is 1. The minimum atomic E-state index is 1.04. The van der Waals surface area contributed by atoms with Crippen LogP contribution >= 0.6 is 0 Å². The van der Waals surface area contributed by atoms with Gasteiger partial charge in [0.05, 0.1) is 0 Å². The molecule has 0 aliphatic carbocycles. The molecule has 2 aromatic carbocycles. The van der Waals surface area contributed by atoms with Gasteiger partial charge in [-0.1, -0.05) is 36.4 Å². The lowest BCUT2D eigenvalue weighted by Gasteiger charge is -2.09. The monoisotopic (exact) mass is 199 g/mol. The summed E-state index contributed by atoms with van der Waals surface area (Å²) in [4.78, 5) is 0. The van der Waals surface area contributed by atoms with Crippen molar-refractivity contribution in [1.29, 1.82) is 0 Å². The SMILES string of the molecule is CNCCc1c(C)ccc2ccccc12. The van der Waals surface area contributed by atoms with Gasteiger partial charge in [0, 0.05) is 0 Å². The molecule has 2 rings (SSSR count). The van der Waals surface area contributed by atoms with E-state index in [9.17, 15) is 0 Å². The van der Waals surface area contributed by atoms with Gasteiger partial charge in [0.15, 0.2) is 0 Å². The average molecular weight is 199 g/mol. The number of benzene rings is 2. The van der Waals surface area contributed by atoms with Gasteiger partial charge in [-0.3, -0.25) is 0 Å². The summed E-state index contributed by atoms with van der Waals surface area (Å²) in [6.45, 7) is 3.23. The third-order valence-corrected chi connectivity index (χ3v) is 2.90. The van der Waals surface area contributed by atoms with Crippen LogP contribution < -0.4 is 5.32 Å². The molecule has 0 unspecified atom stereocenters. The standard InChI is InChI=1S/C14H17N/c1-11-7-8-12-5-3-4-6-14(12)13(11)9-10-15-2/h3-8,15H,9-10H2,1-2H3. The van der Waals surface area contributed by atoms with Crippen LogP contribution in [0.4, 0.5) is 0 Å². The van der Waals surface area contributed by atoms with Crippen LogP contribution in [0.5, 0.6) is 0 Å². The van der Waals surface area contributed by atoms with E-state index in [1.165, 1.54) is 21.9 Å². The van der Waals surface area contributed by atoms with Crippen LogP contribution in [0, 0.1) is 6.92 Å². The molecule has 0 atom stereocenters. The molecule has 78 valence electrons. The molecule has 1 nitrogen and oxygen atoms in total. The highest BCUT2D eigenvalue weighted by atomic mass is 14.8. The van der Waals surface area contributed by atoms with Crippen LogP contribution in [0.3, 0.4) is 0 Å². The Kier molecular flexibility index (Phi) is 3.02. The van der Waals surface area contributed by atoms with Gasteiger partial charge in [-0.25, -0.2) is 0 Å². The fraction of sp³-hybridized carbons (Fsp3) is 0.286. The highest BCUT2D eigenvalue weighted by Crippen LogP contribution is 2.22. The van der Waals surface area contributed by atoms with Crippen LogP contribution in [-0.2, 0) is 6.42 Å². The van der Waals surface area contributed by atoms with Crippen LogP contribution in [0.1, 0.15) is 11.1 Å². The first-order valence-corrected chi connectivity index (χ1v) is 5.45. The molecule has 0 bridgehead atoms. The minimum Gasteiger partial charge on any atom is -0.319 e. The normalized spacial score (nSPS) is 10.8. The Morgan fingerprint density at radius 3 is 2.67 bits per heavy atom. The van der Waals surface area contributed by atoms with E-state index in [4.69, 9.17) is 0 Å². The zero-order valence-electron chi connectivity index (χ0n) is 9.38. The lowest BCUT2D eigenvalue weighted by molar-refractivity contribution is 0.792. The number of likely N-dealkylation sites (N-methyl/N-ethyl adjacent to an activating group) is 1. The summed E-state index contributed by atoms with van der Waals surface area (Å²) in [6.07, 6.45) is 1.10. The second-order valence-electron chi connectivity index (χ2n) is 3.94. The molecule has 15 heavy (non-hydrogen) atoms. The molecule has 0 amide bonds. The van der Waals surface area contributed by atoms with Crippen molar-refractivity contribution in [2.45, 2.75) is 13.3 Å². The van der Waals surface area contributed by atoms with Gasteiger partial charge in [-0.2, -0.15) is 0 Å². The van der Waals surface area contributed by atoms with Crippen LogP contribution in [0.15, 0.2) is 36.4 Å². The highest BCUT2D eigenvalue weighted by Gasteiger charge is 2.03. The van der Waals surface area contributed by atoms with Gasteiger partial charge in [0.2, 0.25) is 0 Å². The van der Waals surface area contributed by atoms with E-state index in [2.05, 4.69) is 48.6 Å². The molecule has 0 saturated carbocycles. The summed E-state index contributed by atoms with van der Waals surface area (Å²) < 4.78 is 0. The fourth-order valence-electron chi connectivity index (χ4n) is 2.03. The summed E-state index contributed by atoms with van der Waals surface area (Å²) in [7, 11) is 2.00. The average Bonchev–Trinajstić information content (AvgIpc) is 2.28. The molecule has 0 heterocycles. The van der Waals surface area contributed by atoms with Gasteiger partial charge < -0.3 is 5.32 Å². The third-order valence-electron chi connectivity index (χ3n) is 2.90. The molecule has 0 spiro atoms.